The molecule has 2 nitrogen and oxygen atoms in total. The Balaban J connectivity index is 2.07. The number of aliphatic hydroxyl groups is 1. The van der Waals surface area contributed by atoms with E-state index in [-0.39, 0.29) is 11.5 Å². The van der Waals surface area contributed by atoms with Crippen LogP contribution >= 0.6 is 11.3 Å². The maximum absolute atomic E-state index is 10.8. The maximum Gasteiger partial charge on any atom is 0.0950 e. The van der Waals surface area contributed by atoms with Crippen molar-refractivity contribution in [3.63, 3.8) is 0 Å². The quantitative estimate of drug-likeness (QED) is 0.856. The SMILES string of the molecule is CCCC1CCC(CN)(C(O)c2ccc(C)s2)CC1. The van der Waals surface area contributed by atoms with Crippen LogP contribution in [0.5, 0.6) is 0 Å². The third kappa shape index (κ3) is 3.21. The van der Waals surface area contributed by atoms with E-state index in [2.05, 4.69) is 26.0 Å². The first-order valence-corrected chi connectivity index (χ1v) is 8.37. The summed E-state index contributed by atoms with van der Waals surface area (Å²) in [5.74, 6) is 0.849. The zero-order chi connectivity index (χ0) is 13.9. The summed E-state index contributed by atoms with van der Waals surface area (Å²) in [6.45, 7) is 4.95. The molecule has 1 atom stereocenters. The van der Waals surface area contributed by atoms with Crippen LogP contribution in [-0.4, -0.2) is 11.7 Å². The molecule has 3 heteroatoms. The highest BCUT2D eigenvalue weighted by molar-refractivity contribution is 7.12. The second kappa shape index (κ2) is 6.38. The molecule has 1 aliphatic rings. The third-order valence-corrected chi connectivity index (χ3v) is 5.87. The molecule has 1 aromatic heterocycles. The molecule has 0 spiro atoms. The van der Waals surface area contributed by atoms with E-state index in [0.717, 1.165) is 23.6 Å². The van der Waals surface area contributed by atoms with Crippen LogP contribution in [-0.2, 0) is 0 Å². The fraction of sp³-hybridized carbons (Fsp3) is 0.750. The van der Waals surface area contributed by atoms with E-state index in [1.807, 2.05) is 0 Å². The van der Waals surface area contributed by atoms with Gasteiger partial charge in [-0.2, -0.15) is 0 Å². The van der Waals surface area contributed by atoms with Crippen molar-refractivity contribution in [1.29, 1.82) is 0 Å². The molecule has 1 saturated carbocycles. The molecule has 2 rings (SSSR count). The Labute approximate surface area is 121 Å². The highest BCUT2D eigenvalue weighted by Crippen LogP contribution is 2.48. The largest absolute Gasteiger partial charge is 0.387 e. The Morgan fingerprint density at radius 3 is 2.58 bits per heavy atom. The van der Waals surface area contributed by atoms with E-state index >= 15 is 0 Å². The van der Waals surface area contributed by atoms with E-state index in [9.17, 15) is 5.11 Å². The van der Waals surface area contributed by atoms with Crippen molar-refractivity contribution in [1.82, 2.24) is 0 Å². The first-order valence-electron chi connectivity index (χ1n) is 7.56. The highest BCUT2D eigenvalue weighted by Gasteiger charge is 2.41. The van der Waals surface area contributed by atoms with E-state index in [4.69, 9.17) is 5.73 Å². The molecular formula is C16H27NOS. The zero-order valence-electron chi connectivity index (χ0n) is 12.2. The lowest BCUT2D eigenvalue weighted by molar-refractivity contribution is -0.00859. The number of hydrogen-bond donors (Lipinski definition) is 2. The Morgan fingerprint density at radius 2 is 2.11 bits per heavy atom. The lowest BCUT2D eigenvalue weighted by Crippen LogP contribution is -2.40. The molecule has 1 aromatic rings. The number of nitrogens with two attached hydrogens (primary N) is 1. The molecule has 19 heavy (non-hydrogen) atoms. The van der Waals surface area contributed by atoms with Gasteiger partial charge in [0.15, 0.2) is 0 Å². The third-order valence-electron chi connectivity index (χ3n) is 4.82. The summed E-state index contributed by atoms with van der Waals surface area (Å²) >= 11 is 1.71. The minimum absolute atomic E-state index is 0.0818. The number of rotatable bonds is 5. The first-order chi connectivity index (χ1) is 9.11. The number of thiophene rings is 1. The van der Waals surface area contributed by atoms with Gasteiger partial charge in [-0.3, -0.25) is 0 Å². The van der Waals surface area contributed by atoms with Crippen LogP contribution in [0.1, 0.15) is 61.3 Å². The second-order valence-corrected chi connectivity index (χ2v) is 7.47. The van der Waals surface area contributed by atoms with Crippen LogP contribution in [0.4, 0.5) is 0 Å². The van der Waals surface area contributed by atoms with Gasteiger partial charge in [-0.05, 0) is 50.7 Å². The van der Waals surface area contributed by atoms with Gasteiger partial charge < -0.3 is 10.8 Å². The van der Waals surface area contributed by atoms with Gasteiger partial charge in [-0.25, -0.2) is 0 Å². The molecule has 0 amide bonds. The fourth-order valence-corrected chi connectivity index (χ4v) is 4.45. The number of aliphatic hydroxyl groups excluding tert-OH is 1. The van der Waals surface area contributed by atoms with Crippen LogP contribution in [0, 0.1) is 18.3 Å². The Bertz CT molecular complexity index is 393. The molecule has 1 unspecified atom stereocenters. The van der Waals surface area contributed by atoms with Gasteiger partial charge in [-0.1, -0.05) is 19.8 Å². The van der Waals surface area contributed by atoms with Crippen LogP contribution in [0.25, 0.3) is 0 Å². The highest BCUT2D eigenvalue weighted by atomic mass is 32.1. The normalized spacial score (nSPS) is 29.4. The van der Waals surface area contributed by atoms with Gasteiger partial charge in [0.2, 0.25) is 0 Å². The lowest BCUT2D eigenvalue weighted by Gasteiger charge is -2.42. The van der Waals surface area contributed by atoms with Crippen molar-refractivity contribution in [3.05, 3.63) is 21.9 Å². The zero-order valence-corrected chi connectivity index (χ0v) is 13.0. The summed E-state index contributed by atoms with van der Waals surface area (Å²) in [6.07, 6.45) is 6.83. The minimum Gasteiger partial charge on any atom is -0.387 e. The molecule has 0 bridgehead atoms. The fourth-order valence-electron chi connectivity index (χ4n) is 3.44. The van der Waals surface area contributed by atoms with E-state index in [1.165, 1.54) is 30.6 Å². The summed E-state index contributed by atoms with van der Waals surface area (Å²) in [5.41, 5.74) is 5.97. The van der Waals surface area contributed by atoms with Crippen molar-refractivity contribution >= 4 is 11.3 Å². The molecule has 108 valence electrons. The number of hydrogen-bond acceptors (Lipinski definition) is 3. The van der Waals surface area contributed by atoms with Crippen molar-refractivity contribution in [2.24, 2.45) is 17.1 Å². The maximum atomic E-state index is 10.8. The van der Waals surface area contributed by atoms with Crippen molar-refractivity contribution < 1.29 is 5.11 Å². The molecule has 0 saturated heterocycles. The summed E-state index contributed by atoms with van der Waals surface area (Å²) in [4.78, 5) is 2.36. The van der Waals surface area contributed by atoms with Gasteiger partial charge in [0, 0.05) is 21.7 Å². The van der Waals surface area contributed by atoms with Gasteiger partial charge in [-0.15, -0.1) is 11.3 Å². The smallest absolute Gasteiger partial charge is 0.0950 e. The molecule has 0 aromatic carbocycles. The molecule has 3 N–H and O–H groups in total. The van der Waals surface area contributed by atoms with Gasteiger partial charge in [0.1, 0.15) is 0 Å². The predicted molar refractivity (Wildman–Crippen MR) is 82.4 cm³/mol. The monoisotopic (exact) mass is 281 g/mol. The standard InChI is InChI=1S/C16H27NOS/c1-3-4-13-7-9-16(11-17,10-8-13)15(18)14-6-5-12(2)19-14/h5-6,13,15,18H,3-4,7-11,17H2,1-2H3. The van der Waals surface area contributed by atoms with Crippen LogP contribution in [0.3, 0.4) is 0 Å². The molecule has 1 aliphatic carbocycles. The Morgan fingerprint density at radius 1 is 1.42 bits per heavy atom. The summed E-state index contributed by atoms with van der Waals surface area (Å²) in [6, 6.07) is 4.16. The average Bonchev–Trinajstić information content (AvgIpc) is 2.86. The van der Waals surface area contributed by atoms with Crippen molar-refractivity contribution in [3.8, 4) is 0 Å². The van der Waals surface area contributed by atoms with E-state index in [1.54, 1.807) is 11.3 Å². The van der Waals surface area contributed by atoms with Crippen molar-refractivity contribution in [2.75, 3.05) is 6.54 Å². The van der Waals surface area contributed by atoms with Gasteiger partial charge >= 0.3 is 0 Å². The Kier molecular flexibility index (Phi) is 5.04. The van der Waals surface area contributed by atoms with E-state index < -0.39 is 0 Å². The van der Waals surface area contributed by atoms with Crippen LogP contribution in [0.15, 0.2) is 12.1 Å². The van der Waals surface area contributed by atoms with Gasteiger partial charge in [0.25, 0.3) is 0 Å². The van der Waals surface area contributed by atoms with Crippen LogP contribution < -0.4 is 5.73 Å². The minimum atomic E-state index is -0.376. The summed E-state index contributed by atoms with van der Waals surface area (Å²) in [7, 11) is 0. The lowest BCUT2D eigenvalue weighted by atomic mass is 9.66. The van der Waals surface area contributed by atoms with Crippen molar-refractivity contribution in [2.45, 2.75) is 58.5 Å². The summed E-state index contributed by atoms with van der Waals surface area (Å²) in [5, 5.41) is 10.8. The first kappa shape index (κ1) is 15.0. The molecule has 0 radical (unpaired) electrons. The van der Waals surface area contributed by atoms with Gasteiger partial charge in [0.05, 0.1) is 6.10 Å². The Hall–Kier alpha value is -0.380. The molecule has 1 fully saturated rings. The topological polar surface area (TPSA) is 46.2 Å². The number of aryl methyl sites for hydroxylation is 1. The average molecular weight is 281 g/mol. The summed E-state index contributed by atoms with van der Waals surface area (Å²) < 4.78 is 0. The molecule has 0 aliphatic heterocycles. The van der Waals surface area contributed by atoms with E-state index in [0.29, 0.717) is 6.54 Å². The second-order valence-electron chi connectivity index (χ2n) is 6.15. The molecular weight excluding hydrogens is 254 g/mol. The molecule has 1 heterocycles. The van der Waals surface area contributed by atoms with Crippen LogP contribution in [0.2, 0.25) is 0 Å². The predicted octanol–water partition coefficient (Wildman–Crippen LogP) is 4.03.